The molecule has 4 rings (SSSR count). The monoisotopic (exact) mass is 468 g/mol. The van der Waals surface area contributed by atoms with Crippen LogP contribution in [0.15, 0.2) is 35.2 Å². The molecule has 6 nitrogen and oxygen atoms in total. The second-order valence-corrected chi connectivity index (χ2v) is 10.4. The number of benzene rings is 2. The molecule has 172 valence electrons. The number of hydrogen-bond acceptors (Lipinski definition) is 5. The van der Waals surface area contributed by atoms with E-state index in [1.54, 1.807) is 19.0 Å². The summed E-state index contributed by atoms with van der Waals surface area (Å²) in [5.74, 6) is -5.31. The van der Waals surface area contributed by atoms with Crippen LogP contribution in [0.4, 0.5) is 24.5 Å². The molecule has 3 atom stereocenters. The molecule has 2 aromatic rings. The maximum atomic E-state index is 13.7. The molecule has 0 radical (unpaired) electrons. The van der Waals surface area contributed by atoms with Crippen molar-refractivity contribution in [3.8, 4) is 0 Å². The van der Waals surface area contributed by atoms with Crippen LogP contribution >= 0.6 is 0 Å². The molecular weight excluding hydrogens is 445 g/mol. The smallest absolute Gasteiger partial charge is 0.255 e. The number of carbonyl (C=O) groups excluding carboxylic acids is 1. The predicted octanol–water partition coefficient (Wildman–Crippen LogP) is 3.76. The maximum Gasteiger partial charge on any atom is 0.255 e. The van der Waals surface area contributed by atoms with Gasteiger partial charge in [-0.15, -0.1) is 0 Å². The third-order valence-corrected chi connectivity index (χ3v) is 8.43. The lowest BCUT2D eigenvalue weighted by Crippen LogP contribution is -2.40. The fourth-order valence-corrected chi connectivity index (χ4v) is 7.07. The molecule has 0 aromatic heterocycles. The van der Waals surface area contributed by atoms with E-state index in [0.717, 1.165) is 6.42 Å². The zero-order valence-corrected chi connectivity index (χ0v) is 18.4. The number of amides is 1. The van der Waals surface area contributed by atoms with Gasteiger partial charge in [-0.3, -0.25) is 4.79 Å². The average Bonchev–Trinajstić information content (AvgIpc) is 3.01. The number of carbonyl (C=O) groups is 1. The van der Waals surface area contributed by atoms with Gasteiger partial charge in [0.1, 0.15) is 0 Å². The van der Waals surface area contributed by atoms with Gasteiger partial charge in [-0.1, -0.05) is 0 Å². The first kappa shape index (κ1) is 22.6. The highest BCUT2D eigenvalue weighted by atomic mass is 32.2. The molecule has 1 heterocycles. The Balaban J connectivity index is 1.70. The first-order valence-electron chi connectivity index (χ1n) is 10.2. The summed E-state index contributed by atoms with van der Waals surface area (Å²) in [5, 5.41) is 1.60. The minimum absolute atomic E-state index is 0.000910. The van der Waals surface area contributed by atoms with E-state index < -0.39 is 38.4 Å². The van der Waals surface area contributed by atoms with Crippen LogP contribution in [0.1, 0.15) is 29.6 Å². The summed E-state index contributed by atoms with van der Waals surface area (Å²) in [6.45, 7) is 0.537. The molecule has 0 spiro atoms. The van der Waals surface area contributed by atoms with Crippen molar-refractivity contribution in [1.82, 2.24) is 0 Å². The maximum absolute atomic E-state index is 13.7. The molecule has 1 saturated heterocycles. The number of halogens is 3. The van der Waals surface area contributed by atoms with Gasteiger partial charge in [0, 0.05) is 44.1 Å². The van der Waals surface area contributed by atoms with E-state index in [1.807, 2.05) is 0 Å². The molecule has 2 fully saturated rings. The molecule has 1 aliphatic heterocycles. The third-order valence-electron chi connectivity index (χ3n) is 6.08. The molecule has 2 bridgehead atoms. The van der Waals surface area contributed by atoms with Gasteiger partial charge >= 0.3 is 0 Å². The van der Waals surface area contributed by atoms with Crippen molar-refractivity contribution < 1.29 is 31.1 Å². The lowest BCUT2D eigenvalue weighted by Gasteiger charge is -2.31. The van der Waals surface area contributed by atoms with E-state index in [1.165, 1.54) is 18.2 Å². The second kappa shape index (κ2) is 8.40. The number of nitrogens with zero attached hydrogens (tertiary/aromatic N) is 1. The van der Waals surface area contributed by atoms with E-state index in [-0.39, 0.29) is 28.2 Å². The van der Waals surface area contributed by atoms with Gasteiger partial charge in [0.25, 0.3) is 5.91 Å². The van der Waals surface area contributed by atoms with Crippen molar-refractivity contribution in [3.05, 3.63) is 53.3 Å². The van der Waals surface area contributed by atoms with Crippen LogP contribution in [0.2, 0.25) is 0 Å². The Hall–Kier alpha value is -2.59. The highest BCUT2D eigenvalue weighted by Gasteiger charge is 2.48. The van der Waals surface area contributed by atoms with E-state index in [0.29, 0.717) is 37.3 Å². The molecule has 2 aliphatic rings. The quantitative estimate of drug-likeness (QED) is 0.677. The Bertz CT molecular complexity index is 1130. The molecule has 32 heavy (non-hydrogen) atoms. The standard InChI is InChI=1S/C22H23F3N2O4S/c1-27(2)17-5-3-13(22(28)26-14-10-15(23)20(25)16(24)11-14)9-19(17)32(29,30)21-12-4-6-18(21)31-8-7-12/h3,5,9-12,18,21H,4,6-8H2,1-2H3,(H,26,28). The highest BCUT2D eigenvalue weighted by Crippen LogP contribution is 2.43. The van der Waals surface area contributed by atoms with Gasteiger partial charge in [-0.2, -0.15) is 0 Å². The summed E-state index contributed by atoms with van der Waals surface area (Å²) < 4.78 is 73.1. The minimum atomic E-state index is -3.84. The summed E-state index contributed by atoms with van der Waals surface area (Å²) >= 11 is 0. The van der Waals surface area contributed by atoms with Crippen molar-refractivity contribution in [3.63, 3.8) is 0 Å². The summed E-state index contributed by atoms with van der Waals surface area (Å²) in [4.78, 5) is 14.4. The van der Waals surface area contributed by atoms with Crippen molar-refractivity contribution in [1.29, 1.82) is 0 Å². The lowest BCUT2D eigenvalue weighted by atomic mass is 10.0. The molecular formula is C22H23F3N2O4S. The Morgan fingerprint density at radius 2 is 1.75 bits per heavy atom. The average molecular weight is 468 g/mol. The van der Waals surface area contributed by atoms with Gasteiger partial charge in [0.2, 0.25) is 0 Å². The van der Waals surface area contributed by atoms with Crippen molar-refractivity contribution in [2.45, 2.75) is 35.5 Å². The Morgan fingerprint density at radius 1 is 1.06 bits per heavy atom. The topological polar surface area (TPSA) is 75.7 Å². The zero-order valence-electron chi connectivity index (χ0n) is 17.6. The van der Waals surface area contributed by atoms with Crippen LogP contribution in [-0.4, -0.2) is 46.4 Å². The van der Waals surface area contributed by atoms with Crippen LogP contribution in [0.3, 0.4) is 0 Å². The van der Waals surface area contributed by atoms with E-state index in [4.69, 9.17) is 4.74 Å². The normalized spacial score (nSPS) is 22.6. The third kappa shape index (κ3) is 3.97. The van der Waals surface area contributed by atoms with Crippen LogP contribution in [0.25, 0.3) is 0 Å². The van der Waals surface area contributed by atoms with Crippen LogP contribution in [-0.2, 0) is 14.6 Å². The largest absolute Gasteiger partial charge is 0.377 e. The number of fused-ring (bicyclic) bond motifs is 2. The first-order chi connectivity index (χ1) is 15.1. The Labute approximate surface area is 184 Å². The van der Waals surface area contributed by atoms with Gasteiger partial charge in [0.05, 0.1) is 21.9 Å². The SMILES string of the molecule is CN(C)c1ccc(C(=O)Nc2cc(F)c(F)c(F)c2)cc1S(=O)(=O)C1C2CCOC1CC2. The van der Waals surface area contributed by atoms with Crippen LogP contribution in [0, 0.1) is 23.4 Å². The number of sulfone groups is 1. The highest BCUT2D eigenvalue weighted by molar-refractivity contribution is 7.92. The number of anilines is 2. The molecule has 1 saturated carbocycles. The fourth-order valence-electron chi connectivity index (χ4n) is 4.55. The first-order valence-corrected chi connectivity index (χ1v) is 11.8. The fraction of sp³-hybridized carbons (Fsp3) is 0.409. The molecule has 1 aliphatic carbocycles. The van der Waals surface area contributed by atoms with E-state index in [2.05, 4.69) is 5.32 Å². The lowest BCUT2D eigenvalue weighted by molar-refractivity contribution is 0.0286. The molecule has 3 unspecified atom stereocenters. The predicted molar refractivity (Wildman–Crippen MR) is 113 cm³/mol. The van der Waals surface area contributed by atoms with Crippen LogP contribution < -0.4 is 10.2 Å². The van der Waals surface area contributed by atoms with Crippen LogP contribution in [0.5, 0.6) is 0 Å². The number of rotatable bonds is 5. The van der Waals surface area contributed by atoms with Crippen molar-refractivity contribution in [2.24, 2.45) is 5.92 Å². The molecule has 1 amide bonds. The van der Waals surface area contributed by atoms with Crippen molar-refractivity contribution in [2.75, 3.05) is 30.9 Å². The molecule has 1 N–H and O–H groups in total. The van der Waals surface area contributed by atoms with Gasteiger partial charge in [-0.05, 0) is 43.4 Å². The minimum Gasteiger partial charge on any atom is -0.377 e. The summed E-state index contributed by atoms with van der Waals surface area (Å²) in [7, 11) is -0.441. The summed E-state index contributed by atoms with van der Waals surface area (Å²) in [6, 6.07) is 5.51. The van der Waals surface area contributed by atoms with Crippen molar-refractivity contribution >= 4 is 27.1 Å². The number of nitrogens with one attached hydrogen (secondary N) is 1. The number of hydrogen-bond donors (Lipinski definition) is 1. The summed E-state index contributed by atoms with van der Waals surface area (Å²) in [6.07, 6.45) is 1.73. The van der Waals surface area contributed by atoms with E-state index >= 15 is 0 Å². The van der Waals surface area contributed by atoms with E-state index in [9.17, 15) is 26.4 Å². The zero-order chi connectivity index (χ0) is 23.2. The molecule has 2 aromatic carbocycles. The molecule has 10 heteroatoms. The van der Waals surface area contributed by atoms with Gasteiger partial charge < -0.3 is 15.0 Å². The Morgan fingerprint density at radius 3 is 2.38 bits per heavy atom. The number of ether oxygens (including phenoxy) is 1. The second-order valence-electron chi connectivity index (χ2n) is 8.33. The van der Waals surface area contributed by atoms with Gasteiger partial charge in [-0.25, -0.2) is 21.6 Å². The summed E-state index contributed by atoms with van der Waals surface area (Å²) in [5.41, 5.74) is 0.125. The van der Waals surface area contributed by atoms with Gasteiger partial charge in [0.15, 0.2) is 27.3 Å². The Kier molecular flexibility index (Phi) is 5.93.